The van der Waals surface area contributed by atoms with Crippen molar-refractivity contribution in [2.24, 2.45) is 0 Å². The fourth-order valence-corrected chi connectivity index (χ4v) is 2.81. The standard InChI is InChI=1S/C16H16BrNO2/c1-12(14-9-5-6-10-15(14)17)18(11-16(19)20)13-7-3-2-4-8-13/h2-10,12H,11H2,1H3,(H,19,20). The molecule has 2 rings (SSSR count). The molecule has 0 saturated heterocycles. The first kappa shape index (κ1) is 14.6. The molecule has 0 aliphatic heterocycles. The second-order valence-corrected chi connectivity index (χ2v) is 5.41. The maximum Gasteiger partial charge on any atom is 0.323 e. The van der Waals surface area contributed by atoms with Gasteiger partial charge in [-0.3, -0.25) is 4.79 Å². The number of hydrogen-bond donors (Lipinski definition) is 1. The molecule has 1 N–H and O–H groups in total. The van der Waals surface area contributed by atoms with E-state index in [1.807, 2.05) is 66.4 Å². The fraction of sp³-hybridized carbons (Fsp3) is 0.188. The Morgan fingerprint density at radius 3 is 2.35 bits per heavy atom. The van der Waals surface area contributed by atoms with E-state index in [2.05, 4.69) is 15.9 Å². The van der Waals surface area contributed by atoms with E-state index >= 15 is 0 Å². The lowest BCUT2D eigenvalue weighted by Gasteiger charge is -2.30. The Kier molecular flexibility index (Phi) is 4.79. The number of hydrogen-bond acceptors (Lipinski definition) is 2. The van der Waals surface area contributed by atoms with Gasteiger partial charge in [-0.15, -0.1) is 0 Å². The first-order chi connectivity index (χ1) is 9.59. The number of nitrogens with zero attached hydrogens (tertiary/aromatic N) is 1. The average molecular weight is 334 g/mol. The van der Waals surface area contributed by atoms with Crippen molar-refractivity contribution in [2.45, 2.75) is 13.0 Å². The molecule has 3 nitrogen and oxygen atoms in total. The van der Waals surface area contributed by atoms with Gasteiger partial charge in [0.1, 0.15) is 6.54 Å². The van der Waals surface area contributed by atoms with Crippen LogP contribution in [0.2, 0.25) is 0 Å². The molecule has 1 unspecified atom stereocenters. The third-order valence-corrected chi connectivity index (χ3v) is 3.94. The molecular weight excluding hydrogens is 318 g/mol. The van der Waals surface area contributed by atoms with Crippen LogP contribution in [0.4, 0.5) is 5.69 Å². The van der Waals surface area contributed by atoms with Crippen molar-refractivity contribution in [3.05, 3.63) is 64.6 Å². The monoisotopic (exact) mass is 333 g/mol. The van der Waals surface area contributed by atoms with Gasteiger partial charge in [-0.25, -0.2) is 0 Å². The van der Waals surface area contributed by atoms with Crippen LogP contribution in [0.25, 0.3) is 0 Å². The van der Waals surface area contributed by atoms with E-state index in [4.69, 9.17) is 5.11 Å². The highest BCUT2D eigenvalue weighted by Crippen LogP contribution is 2.30. The van der Waals surface area contributed by atoms with E-state index < -0.39 is 5.97 Å². The first-order valence-corrected chi connectivity index (χ1v) is 7.17. The van der Waals surface area contributed by atoms with Gasteiger partial charge in [0.2, 0.25) is 0 Å². The molecule has 2 aromatic rings. The van der Waals surface area contributed by atoms with Crippen molar-refractivity contribution in [3.63, 3.8) is 0 Å². The minimum absolute atomic E-state index is 0.0352. The van der Waals surface area contributed by atoms with Gasteiger partial charge >= 0.3 is 5.97 Å². The van der Waals surface area contributed by atoms with Gasteiger partial charge in [0.05, 0.1) is 6.04 Å². The van der Waals surface area contributed by atoms with E-state index in [0.29, 0.717) is 0 Å². The van der Waals surface area contributed by atoms with Gasteiger partial charge in [0, 0.05) is 10.2 Å². The van der Waals surface area contributed by atoms with Gasteiger partial charge in [0.25, 0.3) is 0 Å². The van der Waals surface area contributed by atoms with Gasteiger partial charge in [-0.05, 0) is 30.7 Å². The van der Waals surface area contributed by atoms with Crippen LogP contribution in [0, 0.1) is 0 Å². The minimum atomic E-state index is -0.840. The van der Waals surface area contributed by atoms with E-state index in [9.17, 15) is 4.79 Å². The molecule has 20 heavy (non-hydrogen) atoms. The average Bonchev–Trinajstić information content (AvgIpc) is 2.45. The molecule has 4 heteroatoms. The second-order valence-electron chi connectivity index (χ2n) is 4.55. The zero-order valence-electron chi connectivity index (χ0n) is 11.2. The predicted molar refractivity (Wildman–Crippen MR) is 84.0 cm³/mol. The van der Waals surface area contributed by atoms with E-state index in [0.717, 1.165) is 15.7 Å². The highest BCUT2D eigenvalue weighted by atomic mass is 79.9. The van der Waals surface area contributed by atoms with Crippen molar-refractivity contribution in [1.29, 1.82) is 0 Å². The molecule has 0 aliphatic carbocycles. The van der Waals surface area contributed by atoms with Crippen molar-refractivity contribution in [3.8, 4) is 0 Å². The van der Waals surface area contributed by atoms with Crippen LogP contribution < -0.4 is 4.90 Å². The van der Waals surface area contributed by atoms with E-state index in [1.165, 1.54) is 0 Å². The Balaban J connectivity index is 2.37. The summed E-state index contributed by atoms with van der Waals surface area (Å²) in [6.07, 6.45) is 0. The van der Waals surface area contributed by atoms with Crippen molar-refractivity contribution >= 4 is 27.6 Å². The Labute approximate surface area is 127 Å². The van der Waals surface area contributed by atoms with Gasteiger partial charge in [-0.1, -0.05) is 52.3 Å². The first-order valence-electron chi connectivity index (χ1n) is 6.37. The molecular formula is C16H16BrNO2. The summed E-state index contributed by atoms with van der Waals surface area (Å²) >= 11 is 3.53. The molecule has 0 fully saturated rings. The maximum absolute atomic E-state index is 11.2. The van der Waals surface area contributed by atoms with Gasteiger partial charge < -0.3 is 10.0 Å². The normalized spacial score (nSPS) is 11.9. The minimum Gasteiger partial charge on any atom is -0.480 e. The van der Waals surface area contributed by atoms with Crippen LogP contribution in [0.3, 0.4) is 0 Å². The van der Waals surface area contributed by atoms with Crippen LogP contribution in [0.15, 0.2) is 59.1 Å². The van der Waals surface area contributed by atoms with Crippen LogP contribution in [-0.4, -0.2) is 17.6 Å². The Morgan fingerprint density at radius 2 is 1.75 bits per heavy atom. The van der Waals surface area contributed by atoms with Gasteiger partial charge in [-0.2, -0.15) is 0 Å². The van der Waals surface area contributed by atoms with Crippen LogP contribution in [0.5, 0.6) is 0 Å². The summed E-state index contributed by atoms with van der Waals surface area (Å²) in [4.78, 5) is 13.0. The van der Waals surface area contributed by atoms with Crippen molar-refractivity contribution in [1.82, 2.24) is 0 Å². The molecule has 0 aromatic heterocycles. The summed E-state index contributed by atoms with van der Waals surface area (Å²) in [5.41, 5.74) is 1.97. The lowest BCUT2D eigenvalue weighted by atomic mass is 10.1. The third kappa shape index (κ3) is 3.39. The summed E-state index contributed by atoms with van der Waals surface area (Å²) in [5.74, 6) is -0.840. The number of carboxylic acid groups (broad SMARTS) is 1. The largest absolute Gasteiger partial charge is 0.480 e. The number of carboxylic acids is 1. The zero-order chi connectivity index (χ0) is 14.5. The topological polar surface area (TPSA) is 40.5 Å². The zero-order valence-corrected chi connectivity index (χ0v) is 12.7. The second kappa shape index (κ2) is 6.57. The highest BCUT2D eigenvalue weighted by Gasteiger charge is 2.20. The Hall–Kier alpha value is -1.81. The molecule has 1 atom stereocenters. The fourth-order valence-electron chi connectivity index (χ4n) is 2.20. The number of rotatable bonds is 5. The summed E-state index contributed by atoms with van der Waals surface area (Å²) in [6.45, 7) is 1.97. The molecule has 0 spiro atoms. The van der Waals surface area contributed by atoms with Crippen LogP contribution in [0.1, 0.15) is 18.5 Å². The predicted octanol–water partition coefficient (Wildman–Crippen LogP) is 4.10. The van der Waals surface area contributed by atoms with Gasteiger partial charge in [0.15, 0.2) is 0 Å². The lowest BCUT2D eigenvalue weighted by Crippen LogP contribution is -2.32. The Bertz CT molecular complexity index is 586. The number of para-hydroxylation sites is 1. The third-order valence-electron chi connectivity index (χ3n) is 3.22. The molecule has 0 aliphatic rings. The summed E-state index contributed by atoms with van der Waals surface area (Å²) in [5, 5.41) is 9.16. The summed E-state index contributed by atoms with van der Waals surface area (Å²) < 4.78 is 0.985. The molecule has 2 aromatic carbocycles. The lowest BCUT2D eigenvalue weighted by molar-refractivity contribution is -0.135. The molecule has 0 radical (unpaired) electrons. The van der Waals surface area contributed by atoms with Crippen molar-refractivity contribution < 1.29 is 9.90 Å². The highest BCUT2D eigenvalue weighted by molar-refractivity contribution is 9.10. The smallest absolute Gasteiger partial charge is 0.323 e. The summed E-state index contributed by atoms with van der Waals surface area (Å²) in [6, 6.07) is 17.4. The molecule has 0 saturated carbocycles. The molecule has 0 heterocycles. The molecule has 0 bridgehead atoms. The van der Waals surface area contributed by atoms with E-state index in [1.54, 1.807) is 0 Å². The number of aliphatic carboxylic acids is 1. The molecule has 104 valence electrons. The van der Waals surface area contributed by atoms with Crippen molar-refractivity contribution in [2.75, 3.05) is 11.4 Å². The van der Waals surface area contributed by atoms with Crippen LogP contribution >= 0.6 is 15.9 Å². The maximum atomic E-state index is 11.2. The number of halogens is 1. The summed E-state index contributed by atoms with van der Waals surface area (Å²) in [7, 11) is 0. The van der Waals surface area contributed by atoms with E-state index in [-0.39, 0.29) is 12.6 Å². The quantitative estimate of drug-likeness (QED) is 0.895. The number of benzene rings is 2. The Morgan fingerprint density at radius 1 is 1.15 bits per heavy atom. The molecule has 0 amide bonds. The number of anilines is 1. The van der Waals surface area contributed by atoms with Crippen LogP contribution in [-0.2, 0) is 4.79 Å². The SMILES string of the molecule is CC(c1ccccc1Br)N(CC(=O)O)c1ccccc1. The number of carbonyl (C=O) groups is 1.